The highest BCUT2D eigenvalue weighted by Crippen LogP contribution is 2.30. The average molecular weight is 338 g/mol. The van der Waals surface area contributed by atoms with Gasteiger partial charge >= 0.3 is 6.18 Å². The van der Waals surface area contributed by atoms with Crippen molar-refractivity contribution >= 4 is 5.91 Å². The van der Waals surface area contributed by atoms with Gasteiger partial charge in [-0.05, 0) is 25.0 Å². The number of hydrogen-bond donors (Lipinski definition) is 1. The molecule has 1 saturated carbocycles. The van der Waals surface area contributed by atoms with Gasteiger partial charge in [0, 0.05) is 17.7 Å². The maximum Gasteiger partial charge on any atom is 0.416 e. The van der Waals surface area contributed by atoms with Crippen LogP contribution in [0, 0.1) is 0 Å². The number of hydrogen-bond acceptors (Lipinski definition) is 3. The SMILES string of the molecule is O=C(NC1CCCCC1)c1cc(-c2ccc(C(F)(F)F)cc2)no1. The molecule has 1 aromatic heterocycles. The maximum atomic E-state index is 12.6. The Morgan fingerprint density at radius 1 is 1.12 bits per heavy atom. The molecule has 0 aliphatic heterocycles. The van der Waals surface area contributed by atoms with Crippen molar-refractivity contribution in [1.82, 2.24) is 10.5 Å². The summed E-state index contributed by atoms with van der Waals surface area (Å²) in [6, 6.07) is 6.16. The van der Waals surface area contributed by atoms with Gasteiger partial charge in [-0.3, -0.25) is 4.79 Å². The molecule has 1 N–H and O–H groups in total. The zero-order valence-electron chi connectivity index (χ0n) is 12.9. The van der Waals surface area contributed by atoms with Gasteiger partial charge in [0.1, 0.15) is 5.69 Å². The smallest absolute Gasteiger partial charge is 0.350 e. The molecular formula is C17H17F3N2O2. The number of benzene rings is 1. The normalized spacial score (nSPS) is 16.1. The lowest BCUT2D eigenvalue weighted by Crippen LogP contribution is -2.35. The fourth-order valence-electron chi connectivity index (χ4n) is 2.85. The molecule has 24 heavy (non-hydrogen) atoms. The number of nitrogens with zero attached hydrogens (tertiary/aromatic N) is 1. The molecule has 1 aromatic carbocycles. The zero-order valence-corrected chi connectivity index (χ0v) is 12.9. The summed E-state index contributed by atoms with van der Waals surface area (Å²) in [7, 11) is 0. The molecule has 1 aliphatic carbocycles. The monoisotopic (exact) mass is 338 g/mol. The summed E-state index contributed by atoms with van der Waals surface area (Å²) >= 11 is 0. The van der Waals surface area contributed by atoms with Crippen molar-refractivity contribution in [2.45, 2.75) is 44.3 Å². The van der Waals surface area contributed by atoms with Gasteiger partial charge in [-0.15, -0.1) is 0 Å². The maximum absolute atomic E-state index is 12.6. The largest absolute Gasteiger partial charge is 0.416 e. The third-order valence-corrected chi connectivity index (χ3v) is 4.18. The molecule has 0 atom stereocenters. The quantitative estimate of drug-likeness (QED) is 0.901. The Kier molecular flexibility index (Phi) is 4.59. The minimum absolute atomic E-state index is 0.0653. The van der Waals surface area contributed by atoms with Crippen molar-refractivity contribution in [2.75, 3.05) is 0 Å². The van der Waals surface area contributed by atoms with Gasteiger partial charge in [0.15, 0.2) is 0 Å². The molecule has 1 aliphatic rings. The summed E-state index contributed by atoms with van der Waals surface area (Å²) < 4.78 is 42.7. The van der Waals surface area contributed by atoms with Crippen LogP contribution in [0.5, 0.6) is 0 Å². The van der Waals surface area contributed by atoms with Crippen molar-refractivity contribution in [2.24, 2.45) is 0 Å². The summed E-state index contributed by atoms with van der Waals surface area (Å²) in [5, 5.41) is 6.68. The van der Waals surface area contributed by atoms with Crippen LogP contribution in [0.4, 0.5) is 13.2 Å². The van der Waals surface area contributed by atoms with E-state index in [1.807, 2.05) is 0 Å². The van der Waals surface area contributed by atoms with Crippen LogP contribution >= 0.6 is 0 Å². The number of carbonyl (C=O) groups is 1. The molecule has 0 radical (unpaired) electrons. The van der Waals surface area contributed by atoms with Crippen LogP contribution in [0.15, 0.2) is 34.9 Å². The zero-order chi connectivity index (χ0) is 17.2. The van der Waals surface area contributed by atoms with Crippen molar-refractivity contribution in [3.63, 3.8) is 0 Å². The van der Waals surface area contributed by atoms with Crippen LogP contribution in [0.1, 0.15) is 48.2 Å². The highest BCUT2D eigenvalue weighted by molar-refractivity contribution is 5.92. The second-order valence-electron chi connectivity index (χ2n) is 5.96. The number of amides is 1. The van der Waals surface area contributed by atoms with Gasteiger partial charge in [0.25, 0.3) is 5.91 Å². The third-order valence-electron chi connectivity index (χ3n) is 4.18. The Hall–Kier alpha value is -2.31. The van der Waals surface area contributed by atoms with Crippen molar-refractivity contribution < 1.29 is 22.5 Å². The first-order valence-electron chi connectivity index (χ1n) is 7.89. The second kappa shape index (κ2) is 6.67. The number of rotatable bonds is 3. The Balaban J connectivity index is 1.69. The summed E-state index contributed by atoms with van der Waals surface area (Å²) in [5.74, 6) is -0.275. The minimum Gasteiger partial charge on any atom is -0.350 e. The number of halogens is 3. The summed E-state index contributed by atoms with van der Waals surface area (Å²) in [6.07, 6.45) is 0.897. The Labute approximate surface area is 137 Å². The molecule has 0 unspecified atom stereocenters. The first-order chi connectivity index (χ1) is 11.4. The third kappa shape index (κ3) is 3.77. The van der Waals surface area contributed by atoms with E-state index in [2.05, 4.69) is 10.5 Å². The van der Waals surface area contributed by atoms with E-state index >= 15 is 0 Å². The van der Waals surface area contributed by atoms with E-state index in [4.69, 9.17) is 4.52 Å². The van der Waals surface area contributed by atoms with Gasteiger partial charge in [-0.25, -0.2) is 0 Å². The van der Waals surface area contributed by atoms with Crippen LogP contribution < -0.4 is 5.32 Å². The lowest BCUT2D eigenvalue weighted by molar-refractivity contribution is -0.137. The number of alkyl halides is 3. The fraction of sp³-hybridized carbons (Fsp3) is 0.412. The molecule has 1 amide bonds. The van der Waals surface area contributed by atoms with Crippen molar-refractivity contribution in [3.8, 4) is 11.3 Å². The molecule has 0 spiro atoms. The van der Waals surface area contributed by atoms with Crippen LogP contribution in [-0.4, -0.2) is 17.1 Å². The van der Waals surface area contributed by atoms with Crippen LogP contribution in [0.2, 0.25) is 0 Å². The first kappa shape index (κ1) is 16.5. The van der Waals surface area contributed by atoms with Crippen LogP contribution in [0.3, 0.4) is 0 Å². The van der Waals surface area contributed by atoms with E-state index in [-0.39, 0.29) is 17.7 Å². The van der Waals surface area contributed by atoms with Crippen LogP contribution in [-0.2, 0) is 6.18 Å². The van der Waals surface area contributed by atoms with Gasteiger partial charge < -0.3 is 9.84 Å². The van der Waals surface area contributed by atoms with Gasteiger partial charge in [-0.2, -0.15) is 13.2 Å². The minimum atomic E-state index is -4.38. The highest BCUT2D eigenvalue weighted by Gasteiger charge is 2.30. The summed E-state index contributed by atoms with van der Waals surface area (Å²) in [6.45, 7) is 0. The molecule has 4 nitrogen and oxygen atoms in total. The van der Waals surface area contributed by atoms with E-state index in [1.54, 1.807) is 0 Å². The van der Waals surface area contributed by atoms with Crippen molar-refractivity contribution in [3.05, 3.63) is 41.7 Å². The topological polar surface area (TPSA) is 55.1 Å². The molecule has 3 rings (SSSR count). The van der Waals surface area contributed by atoms with Gasteiger partial charge in [-0.1, -0.05) is 36.6 Å². The molecule has 2 aromatic rings. The first-order valence-corrected chi connectivity index (χ1v) is 7.89. The van der Waals surface area contributed by atoms with Gasteiger partial charge in [0.05, 0.1) is 5.56 Å². The Bertz CT molecular complexity index is 701. The molecule has 128 valence electrons. The lowest BCUT2D eigenvalue weighted by atomic mass is 9.95. The standard InChI is InChI=1S/C17H17F3N2O2/c18-17(19,20)12-8-6-11(7-9-12)14-10-15(24-22-14)16(23)21-13-4-2-1-3-5-13/h6-10,13H,1-5H2,(H,21,23). The fourth-order valence-corrected chi connectivity index (χ4v) is 2.85. The molecule has 1 fully saturated rings. The number of nitrogens with one attached hydrogen (secondary N) is 1. The molecule has 1 heterocycles. The van der Waals surface area contributed by atoms with E-state index in [9.17, 15) is 18.0 Å². The van der Waals surface area contributed by atoms with E-state index < -0.39 is 11.7 Å². The molecular weight excluding hydrogens is 321 g/mol. The van der Waals surface area contributed by atoms with Crippen LogP contribution in [0.25, 0.3) is 11.3 Å². The van der Waals surface area contributed by atoms with E-state index in [0.29, 0.717) is 11.3 Å². The van der Waals surface area contributed by atoms with E-state index in [0.717, 1.165) is 37.8 Å². The van der Waals surface area contributed by atoms with E-state index in [1.165, 1.54) is 24.6 Å². The van der Waals surface area contributed by atoms with Gasteiger partial charge in [0.2, 0.25) is 5.76 Å². The number of aromatic nitrogens is 1. The average Bonchev–Trinajstić information content (AvgIpc) is 3.05. The molecule has 0 bridgehead atoms. The lowest BCUT2D eigenvalue weighted by Gasteiger charge is -2.21. The Morgan fingerprint density at radius 3 is 2.42 bits per heavy atom. The predicted molar refractivity (Wildman–Crippen MR) is 81.3 cm³/mol. The second-order valence-corrected chi connectivity index (χ2v) is 5.96. The van der Waals surface area contributed by atoms with Crippen molar-refractivity contribution in [1.29, 1.82) is 0 Å². The molecule has 0 saturated heterocycles. The summed E-state index contributed by atoms with van der Waals surface area (Å²) in [4.78, 5) is 12.1. The Morgan fingerprint density at radius 2 is 1.79 bits per heavy atom. The molecule has 7 heteroatoms. The highest BCUT2D eigenvalue weighted by atomic mass is 19.4. The predicted octanol–water partition coefficient (Wildman–Crippen LogP) is 4.42. The number of carbonyl (C=O) groups excluding carboxylic acids is 1. The summed E-state index contributed by atoms with van der Waals surface area (Å²) in [5.41, 5.74) is 0.0611.